The van der Waals surface area contributed by atoms with Crippen LogP contribution in [0.3, 0.4) is 0 Å². The van der Waals surface area contributed by atoms with Crippen molar-refractivity contribution in [3.8, 4) is 11.3 Å². The number of rotatable bonds is 4. The van der Waals surface area contributed by atoms with Crippen LogP contribution in [0, 0.1) is 11.7 Å². The van der Waals surface area contributed by atoms with Crippen LogP contribution in [0.2, 0.25) is 5.02 Å². The number of hydrogen-bond acceptors (Lipinski definition) is 6. The second-order valence-corrected chi connectivity index (χ2v) is 8.68. The van der Waals surface area contributed by atoms with Gasteiger partial charge in [-0.2, -0.15) is 5.10 Å². The SMILES string of the molecule is O=C(Nc1cn2cc(-c3c(Cl)c(F)c(C4CC(O)CO4)c4[nH]ncc34)ncc2n1)[C@@H]1C[C@@H]1F. The van der Waals surface area contributed by atoms with Crippen molar-refractivity contribution in [3.63, 3.8) is 0 Å². The smallest absolute Gasteiger partial charge is 0.231 e. The van der Waals surface area contributed by atoms with Crippen LogP contribution in [0.25, 0.3) is 27.8 Å². The Labute approximate surface area is 189 Å². The molecule has 2 aliphatic rings. The maximum atomic E-state index is 15.4. The molecule has 2 fully saturated rings. The van der Waals surface area contributed by atoms with E-state index in [-0.39, 0.29) is 35.9 Å². The van der Waals surface area contributed by atoms with Crippen molar-refractivity contribution < 1.29 is 23.4 Å². The third-order valence-electron chi connectivity index (χ3n) is 6.02. The first-order chi connectivity index (χ1) is 15.9. The maximum Gasteiger partial charge on any atom is 0.231 e. The molecule has 4 heterocycles. The normalized spacial score (nSPS) is 24.6. The van der Waals surface area contributed by atoms with Crippen LogP contribution in [-0.2, 0) is 9.53 Å². The van der Waals surface area contributed by atoms with Crippen molar-refractivity contribution in [2.75, 3.05) is 11.9 Å². The quantitative estimate of drug-likeness (QED) is 0.418. The average Bonchev–Trinajstić information content (AvgIpc) is 3.16. The lowest BCUT2D eigenvalue weighted by Gasteiger charge is -2.16. The van der Waals surface area contributed by atoms with E-state index in [1.165, 1.54) is 12.4 Å². The molecule has 12 heteroatoms. The van der Waals surface area contributed by atoms with Crippen molar-refractivity contribution in [1.29, 1.82) is 0 Å². The summed E-state index contributed by atoms with van der Waals surface area (Å²) in [6.45, 7) is 0.115. The lowest BCUT2D eigenvalue weighted by Crippen LogP contribution is -2.15. The number of ether oxygens (including phenoxy) is 1. The minimum absolute atomic E-state index is 0.115. The monoisotopic (exact) mass is 474 g/mol. The first-order valence-corrected chi connectivity index (χ1v) is 10.7. The number of anilines is 1. The first-order valence-electron chi connectivity index (χ1n) is 10.3. The summed E-state index contributed by atoms with van der Waals surface area (Å²) >= 11 is 6.47. The Morgan fingerprint density at radius 2 is 2.15 bits per heavy atom. The van der Waals surface area contributed by atoms with Gasteiger partial charge in [-0.1, -0.05) is 11.6 Å². The predicted molar refractivity (Wildman–Crippen MR) is 114 cm³/mol. The zero-order chi connectivity index (χ0) is 22.9. The second-order valence-electron chi connectivity index (χ2n) is 8.30. The molecular formula is C21H17ClF2N6O3. The number of aromatic nitrogens is 5. The number of imidazole rings is 1. The number of nitrogens with one attached hydrogen (secondary N) is 2. The van der Waals surface area contributed by atoms with Crippen molar-refractivity contribution in [1.82, 2.24) is 24.6 Å². The lowest BCUT2D eigenvalue weighted by molar-refractivity contribution is -0.117. The summed E-state index contributed by atoms with van der Waals surface area (Å²) in [7, 11) is 0. The molecule has 0 radical (unpaired) electrons. The molecule has 1 aromatic carbocycles. The van der Waals surface area contributed by atoms with Crippen LogP contribution >= 0.6 is 11.6 Å². The Kier molecular flexibility index (Phi) is 4.61. The largest absolute Gasteiger partial charge is 0.391 e. The molecule has 0 bridgehead atoms. The zero-order valence-electron chi connectivity index (χ0n) is 16.9. The van der Waals surface area contributed by atoms with E-state index in [0.717, 1.165) is 0 Å². The molecule has 170 valence electrons. The van der Waals surface area contributed by atoms with Crippen LogP contribution in [0.5, 0.6) is 0 Å². The van der Waals surface area contributed by atoms with Gasteiger partial charge < -0.3 is 19.6 Å². The molecule has 9 nitrogen and oxygen atoms in total. The average molecular weight is 475 g/mol. The number of alkyl halides is 1. The van der Waals surface area contributed by atoms with Gasteiger partial charge in [0.05, 0.1) is 59.6 Å². The summed E-state index contributed by atoms with van der Waals surface area (Å²) in [4.78, 5) is 20.6. The molecule has 1 aliphatic heterocycles. The molecule has 3 N–H and O–H groups in total. The number of carbonyl (C=O) groups is 1. The number of benzene rings is 1. The Balaban J connectivity index is 1.41. The van der Waals surface area contributed by atoms with E-state index in [4.69, 9.17) is 16.3 Å². The number of halogens is 3. The van der Waals surface area contributed by atoms with Gasteiger partial charge in [-0.15, -0.1) is 0 Å². The number of aliphatic hydroxyl groups is 1. The van der Waals surface area contributed by atoms with Gasteiger partial charge in [0, 0.05) is 29.1 Å². The molecule has 1 saturated carbocycles. The van der Waals surface area contributed by atoms with Crippen molar-refractivity contribution in [2.24, 2.45) is 5.92 Å². The highest BCUT2D eigenvalue weighted by molar-refractivity contribution is 6.35. The maximum absolute atomic E-state index is 15.4. The predicted octanol–water partition coefficient (Wildman–Crippen LogP) is 3.18. The number of carbonyl (C=O) groups excluding carboxylic acids is 1. The molecule has 1 amide bonds. The third kappa shape index (κ3) is 3.35. The van der Waals surface area contributed by atoms with Crippen molar-refractivity contribution in [2.45, 2.75) is 31.2 Å². The number of aliphatic hydroxyl groups excluding tert-OH is 1. The summed E-state index contributed by atoms with van der Waals surface area (Å²) < 4.78 is 35.7. The van der Waals surface area contributed by atoms with E-state index >= 15 is 4.39 Å². The lowest BCUT2D eigenvalue weighted by atomic mass is 9.97. The Morgan fingerprint density at radius 1 is 1.33 bits per heavy atom. The van der Waals surface area contributed by atoms with Crippen LogP contribution in [0.15, 0.2) is 24.8 Å². The van der Waals surface area contributed by atoms with E-state index in [1.54, 1.807) is 16.8 Å². The van der Waals surface area contributed by atoms with E-state index < -0.39 is 36.0 Å². The topological polar surface area (TPSA) is 117 Å². The third-order valence-corrected chi connectivity index (χ3v) is 6.38. The molecule has 6 rings (SSSR count). The molecular weight excluding hydrogens is 458 g/mol. The molecule has 1 aliphatic carbocycles. The van der Waals surface area contributed by atoms with Crippen LogP contribution in [0.1, 0.15) is 24.5 Å². The summed E-state index contributed by atoms with van der Waals surface area (Å²) in [5.41, 5.74) is 1.76. The van der Waals surface area contributed by atoms with Crippen molar-refractivity contribution >= 4 is 39.9 Å². The Bertz CT molecular complexity index is 1420. The van der Waals surface area contributed by atoms with Crippen LogP contribution < -0.4 is 5.32 Å². The van der Waals surface area contributed by atoms with Crippen molar-refractivity contribution in [3.05, 3.63) is 41.2 Å². The summed E-state index contributed by atoms with van der Waals surface area (Å²) in [6.07, 6.45) is 4.19. The van der Waals surface area contributed by atoms with Gasteiger partial charge in [0.15, 0.2) is 11.5 Å². The number of nitrogens with zero attached hydrogens (tertiary/aromatic N) is 4. The van der Waals surface area contributed by atoms with Gasteiger partial charge in [0.1, 0.15) is 12.0 Å². The van der Waals surface area contributed by atoms with Crippen LogP contribution in [-0.4, -0.2) is 54.5 Å². The van der Waals surface area contributed by atoms with Gasteiger partial charge in [-0.05, 0) is 6.42 Å². The molecule has 4 atom stereocenters. The highest BCUT2D eigenvalue weighted by Gasteiger charge is 2.43. The number of fused-ring (bicyclic) bond motifs is 2. The highest BCUT2D eigenvalue weighted by Crippen LogP contribution is 2.43. The fraction of sp³-hybridized carbons (Fsp3) is 0.333. The summed E-state index contributed by atoms with van der Waals surface area (Å²) in [5.74, 6) is -1.47. The summed E-state index contributed by atoms with van der Waals surface area (Å²) in [6, 6.07) is 0. The standard InChI is InChI=1S/C21H17ClF2N6O3/c22-18-16(10-3-26-29-20(10)17(19(18)24)13-1-8(31)7-33-13)12-5-30-6-14(27-15(30)4-25-12)28-21(32)9-2-11(9)23/h3-6,8-9,11,13,31H,1-2,7H2,(H,26,29)(H,28,32)/t8?,9-,11+,13?/m1/s1. The second kappa shape index (κ2) is 7.44. The van der Waals surface area contributed by atoms with Gasteiger partial charge in [0.2, 0.25) is 5.91 Å². The fourth-order valence-electron chi connectivity index (χ4n) is 4.24. The molecule has 2 unspecified atom stereocenters. The first kappa shape index (κ1) is 20.5. The molecule has 0 spiro atoms. The Hall–Kier alpha value is -3.15. The molecule has 1 saturated heterocycles. The summed E-state index contributed by atoms with van der Waals surface area (Å²) in [5, 5.41) is 19.7. The van der Waals surface area contributed by atoms with Gasteiger partial charge >= 0.3 is 0 Å². The van der Waals surface area contributed by atoms with E-state index in [1.807, 2.05) is 0 Å². The van der Waals surface area contributed by atoms with Gasteiger partial charge in [-0.3, -0.25) is 14.9 Å². The van der Waals surface area contributed by atoms with Crippen LogP contribution in [0.4, 0.5) is 14.6 Å². The highest BCUT2D eigenvalue weighted by atomic mass is 35.5. The molecule has 33 heavy (non-hydrogen) atoms. The van der Waals surface area contributed by atoms with Gasteiger partial charge in [-0.25, -0.2) is 13.8 Å². The number of H-pyrrole nitrogens is 1. The number of aromatic amines is 1. The van der Waals surface area contributed by atoms with E-state index in [0.29, 0.717) is 27.8 Å². The minimum Gasteiger partial charge on any atom is -0.391 e. The van der Waals surface area contributed by atoms with E-state index in [9.17, 15) is 14.3 Å². The van der Waals surface area contributed by atoms with E-state index in [2.05, 4.69) is 25.5 Å². The minimum atomic E-state index is -1.11. The van der Waals surface area contributed by atoms with Gasteiger partial charge in [0.25, 0.3) is 0 Å². The molecule has 4 aromatic rings. The number of amides is 1. The molecule has 3 aromatic heterocycles. The number of hydrogen-bond donors (Lipinski definition) is 3. The fourth-order valence-corrected chi connectivity index (χ4v) is 4.54. The zero-order valence-corrected chi connectivity index (χ0v) is 17.7. The Morgan fingerprint density at radius 3 is 2.88 bits per heavy atom.